The maximum absolute atomic E-state index is 3.73. The third-order valence-electron chi connectivity index (χ3n) is 1.06. The molecule has 0 bridgehead atoms. The maximum atomic E-state index is 3.73. The summed E-state index contributed by atoms with van der Waals surface area (Å²) < 4.78 is 0. The summed E-state index contributed by atoms with van der Waals surface area (Å²) in [6.45, 7) is 7.92. The molecule has 7 heavy (non-hydrogen) atoms. The van der Waals surface area contributed by atoms with Crippen molar-refractivity contribution in [1.29, 1.82) is 0 Å². The van der Waals surface area contributed by atoms with Crippen molar-refractivity contribution in [2.24, 2.45) is 0 Å². The zero-order valence-electron chi connectivity index (χ0n) is 5.20. The second kappa shape index (κ2) is 3.91. The van der Waals surface area contributed by atoms with Crippen molar-refractivity contribution in [3.8, 4) is 0 Å². The van der Waals surface area contributed by atoms with Crippen molar-refractivity contribution in [2.45, 2.75) is 26.7 Å². The lowest BCUT2D eigenvalue weighted by molar-refractivity contribution is 0.972. The van der Waals surface area contributed by atoms with E-state index in [1.165, 1.54) is 5.57 Å². The molecule has 0 N–H and O–H groups in total. The molecule has 0 heteroatoms. The summed E-state index contributed by atoms with van der Waals surface area (Å²) in [5.74, 6) is 0. The fourth-order valence-corrected chi connectivity index (χ4v) is 0.423. The standard InChI is InChI=1S/C7H13/c1-4-6-7(3)5-2/h5H,1,4,6H2,2-3H3. The van der Waals surface area contributed by atoms with Crippen molar-refractivity contribution in [2.75, 3.05) is 0 Å². The highest BCUT2D eigenvalue weighted by Gasteiger charge is 1.79. The maximum Gasteiger partial charge on any atom is -0.0323 e. The summed E-state index contributed by atoms with van der Waals surface area (Å²) in [7, 11) is 0. The largest absolute Gasteiger partial charge is 0.0887 e. The van der Waals surface area contributed by atoms with Gasteiger partial charge in [0.2, 0.25) is 0 Å². The monoisotopic (exact) mass is 97.1 g/mol. The molecule has 0 nitrogen and oxygen atoms in total. The molecule has 0 amide bonds. The number of allylic oxidation sites excluding steroid dienone is 2. The first-order valence-electron chi connectivity index (χ1n) is 2.72. The molecule has 0 unspecified atom stereocenters. The number of hydrogen-bond acceptors (Lipinski definition) is 0. The molecular formula is C7H13. The van der Waals surface area contributed by atoms with E-state index in [4.69, 9.17) is 0 Å². The zero-order chi connectivity index (χ0) is 5.70. The second-order valence-electron chi connectivity index (χ2n) is 1.74. The second-order valence-corrected chi connectivity index (χ2v) is 1.74. The molecule has 0 atom stereocenters. The zero-order valence-corrected chi connectivity index (χ0v) is 5.20. The van der Waals surface area contributed by atoms with Gasteiger partial charge in [0.15, 0.2) is 0 Å². The van der Waals surface area contributed by atoms with Crippen LogP contribution in [0, 0.1) is 6.92 Å². The molecule has 0 saturated carbocycles. The summed E-state index contributed by atoms with van der Waals surface area (Å²) in [5.41, 5.74) is 1.44. The van der Waals surface area contributed by atoms with Gasteiger partial charge in [-0.2, -0.15) is 0 Å². The Balaban J connectivity index is 3.17. The molecule has 0 heterocycles. The van der Waals surface area contributed by atoms with E-state index in [9.17, 15) is 0 Å². The Morgan fingerprint density at radius 1 is 1.71 bits per heavy atom. The molecule has 0 rings (SSSR count). The minimum Gasteiger partial charge on any atom is -0.0887 e. The number of rotatable bonds is 2. The molecule has 0 aromatic rings. The topological polar surface area (TPSA) is 0 Å². The van der Waals surface area contributed by atoms with Gasteiger partial charge in [-0.3, -0.25) is 0 Å². The van der Waals surface area contributed by atoms with Crippen LogP contribution < -0.4 is 0 Å². The Labute approximate surface area is 46.2 Å². The van der Waals surface area contributed by atoms with E-state index in [2.05, 4.69) is 26.8 Å². The van der Waals surface area contributed by atoms with Gasteiger partial charge in [0.05, 0.1) is 0 Å². The van der Waals surface area contributed by atoms with Gasteiger partial charge in [0.1, 0.15) is 0 Å². The van der Waals surface area contributed by atoms with E-state index in [0.29, 0.717) is 0 Å². The van der Waals surface area contributed by atoms with Crippen LogP contribution in [-0.2, 0) is 0 Å². The highest BCUT2D eigenvalue weighted by molar-refractivity contribution is 4.94. The van der Waals surface area contributed by atoms with Crippen molar-refractivity contribution >= 4 is 0 Å². The van der Waals surface area contributed by atoms with Crippen molar-refractivity contribution in [3.63, 3.8) is 0 Å². The minimum atomic E-state index is 1.02. The minimum absolute atomic E-state index is 1.02. The van der Waals surface area contributed by atoms with E-state index >= 15 is 0 Å². The van der Waals surface area contributed by atoms with Gasteiger partial charge in [-0.25, -0.2) is 0 Å². The SMILES string of the molecule is [CH2]CCC(C)=CC. The molecule has 41 valence electrons. The lowest BCUT2D eigenvalue weighted by Crippen LogP contribution is -1.70. The fourth-order valence-electron chi connectivity index (χ4n) is 0.423. The van der Waals surface area contributed by atoms with Crippen LogP contribution in [0.5, 0.6) is 0 Å². The van der Waals surface area contributed by atoms with Crippen LogP contribution >= 0.6 is 0 Å². The van der Waals surface area contributed by atoms with E-state index < -0.39 is 0 Å². The Morgan fingerprint density at radius 2 is 2.29 bits per heavy atom. The highest BCUT2D eigenvalue weighted by atomic mass is 13.9. The van der Waals surface area contributed by atoms with Gasteiger partial charge in [0.25, 0.3) is 0 Å². The van der Waals surface area contributed by atoms with E-state index in [0.717, 1.165) is 12.8 Å². The third kappa shape index (κ3) is 3.57. The summed E-state index contributed by atoms with van der Waals surface area (Å²) in [6, 6.07) is 0. The summed E-state index contributed by atoms with van der Waals surface area (Å²) in [4.78, 5) is 0. The van der Waals surface area contributed by atoms with Crippen LogP contribution in [0.15, 0.2) is 11.6 Å². The van der Waals surface area contributed by atoms with Gasteiger partial charge in [0, 0.05) is 0 Å². The molecule has 0 fully saturated rings. The van der Waals surface area contributed by atoms with Crippen molar-refractivity contribution < 1.29 is 0 Å². The lowest BCUT2D eigenvalue weighted by Gasteiger charge is -1.90. The first kappa shape index (κ1) is 6.74. The lowest BCUT2D eigenvalue weighted by atomic mass is 10.2. The van der Waals surface area contributed by atoms with Crippen LogP contribution in [0.25, 0.3) is 0 Å². The van der Waals surface area contributed by atoms with Crippen LogP contribution in [0.1, 0.15) is 26.7 Å². The van der Waals surface area contributed by atoms with E-state index in [1.54, 1.807) is 0 Å². The van der Waals surface area contributed by atoms with Gasteiger partial charge < -0.3 is 0 Å². The van der Waals surface area contributed by atoms with Gasteiger partial charge in [-0.15, -0.1) is 0 Å². The average molecular weight is 97.2 g/mol. The normalized spacial score (nSPS) is 12.1. The van der Waals surface area contributed by atoms with Crippen LogP contribution in [0.4, 0.5) is 0 Å². The molecule has 0 aromatic heterocycles. The molecule has 0 aliphatic carbocycles. The predicted molar refractivity (Wildman–Crippen MR) is 34.0 cm³/mol. The summed E-state index contributed by atoms with van der Waals surface area (Å²) in [6.07, 6.45) is 4.30. The fraction of sp³-hybridized carbons (Fsp3) is 0.571. The van der Waals surface area contributed by atoms with Crippen LogP contribution in [0.2, 0.25) is 0 Å². The Kier molecular flexibility index (Phi) is 3.77. The molecule has 0 spiro atoms. The molecular weight excluding hydrogens is 84.1 g/mol. The van der Waals surface area contributed by atoms with Crippen LogP contribution in [0.3, 0.4) is 0 Å². The molecule has 1 radical (unpaired) electrons. The van der Waals surface area contributed by atoms with Gasteiger partial charge in [-0.1, -0.05) is 18.6 Å². The Hall–Kier alpha value is -0.260. The number of hydrogen-bond donors (Lipinski definition) is 0. The first-order chi connectivity index (χ1) is 3.31. The van der Waals surface area contributed by atoms with E-state index in [1.807, 2.05) is 0 Å². The molecule has 0 aromatic carbocycles. The molecule has 0 aliphatic heterocycles. The van der Waals surface area contributed by atoms with Crippen molar-refractivity contribution in [1.82, 2.24) is 0 Å². The molecule has 0 saturated heterocycles. The van der Waals surface area contributed by atoms with Gasteiger partial charge in [-0.05, 0) is 26.7 Å². The van der Waals surface area contributed by atoms with Crippen LogP contribution in [-0.4, -0.2) is 0 Å². The summed E-state index contributed by atoms with van der Waals surface area (Å²) in [5, 5.41) is 0. The molecule has 0 aliphatic rings. The Morgan fingerprint density at radius 3 is 2.43 bits per heavy atom. The Bertz CT molecular complexity index is 60.4. The van der Waals surface area contributed by atoms with Gasteiger partial charge >= 0.3 is 0 Å². The highest BCUT2D eigenvalue weighted by Crippen LogP contribution is 2.00. The smallest absolute Gasteiger partial charge is 0.0323 e. The average Bonchev–Trinajstić information content (AvgIpc) is 1.68. The predicted octanol–water partition coefficient (Wildman–Crippen LogP) is 2.57. The summed E-state index contributed by atoms with van der Waals surface area (Å²) >= 11 is 0. The van der Waals surface area contributed by atoms with E-state index in [-0.39, 0.29) is 0 Å². The first-order valence-corrected chi connectivity index (χ1v) is 2.72. The quantitative estimate of drug-likeness (QED) is 0.464. The third-order valence-corrected chi connectivity index (χ3v) is 1.06. The van der Waals surface area contributed by atoms with Crippen molar-refractivity contribution in [3.05, 3.63) is 18.6 Å².